The van der Waals surface area contributed by atoms with Crippen molar-refractivity contribution in [1.82, 2.24) is 19.9 Å². The molecule has 8 bridgehead atoms. The van der Waals surface area contributed by atoms with E-state index < -0.39 is 0 Å². The van der Waals surface area contributed by atoms with E-state index in [0.29, 0.717) is 0 Å². The van der Waals surface area contributed by atoms with Crippen molar-refractivity contribution in [3.8, 4) is 22.3 Å². The largest absolute Gasteiger partial charge is 0.354 e. The van der Waals surface area contributed by atoms with Gasteiger partial charge in [-0.25, -0.2) is 9.97 Å². The predicted molar refractivity (Wildman–Crippen MR) is 289 cm³/mol. The number of hydrogen-bond acceptors (Lipinski definition) is 2. The fourth-order valence-corrected chi connectivity index (χ4v) is 10.7. The van der Waals surface area contributed by atoms with Crippen LogP contribution in [0.1, 0.15) is 213 Å². The number of aromatic nitrogens is 4. The first-order valence-electron chi connectivity index (χ1n) is 26.4. The van der Waals surface area contributed by atoms with Gasteiger partial charge in [-0.2, -0.15) is 0 Å². The number of unbranched alkanes of at least 4 members (excludes halogenated alkanes) is 12. The number of H-pyrrole nitrogens is 2. The standard InChI is InChI=1S/C62H82N4/c1-11-15-19-23-27-49-43(7)59-57(47-35-31-41(5)32-36-47)60-45(9)51(29-25-21-17-13-3)55(65-60)40-56-52(30-26-22-18-14-4)46(10)62(66-56)58(48-37-33-42(6)34-38-48)61-44(8)50(28-24-20-16-12-2)54(64-61)39-53(49)63-59/h31-40,63,65H,11-30H2,1-10H3. The smallest absolute Gasteiger partial charge is 0.0769 e. The van der Waals surface area contributed by atoms with Gasteiger partial charge in [-0.05, 0) is 161 Å². The highest BCUT2D eigenvalue weighted by Gasteiger charge is 2.27. The average Bonchev–Trinajstić information content (AvgIpc) is 3.99. The van der Waals surface area contributed by atoms with Crippen LogP contribution in [0.5, 0.6) is 0 Å². The molecule has 2 N–H and O–H groups in total. The minimum Gasteiger partial charge on any atom is -0.354 e. The van der Waals surface area contributed by atoms with E-state index in [1.54, 1.807) is 0 Å². The van der Waals surface area contributed by atoms with Gasteiger partial charge >= 0.3 is 0 Å². The molecule has 350 valence electrons. The molecule has 7 rings (SSSR count). The van der Waals surface area contributed by atoms with Crippen LogP contribution in [0.15, 0.2) is 60.7 Å². The number of nitrogens with zero attached hydrogens (tertiary/aromatic N) is 2. The maximum absolute atomic E-state index is 5.82. The monoisotopic (exact) mass is 883 g/mol. The Balaban J connectivity index is 1.68. The number of hydrogen-bond donors (Lipinski definition) is 2. The molecule has 0 fully saturated rings. The molecule has 0 saturated carbocycles. The summed E-state index contributed by atoms with van der Waals surface area (Å²) in [6, 6.07) is 23.3. The summed E-state index contributed by atoms with van der Waals surface area (Å²) in [7, 11) is 0. The van der Waals surface area contributed by atoms with Crippen molar-refractivity contribution in [3.05, 3.63) is 117 Å². The van der Waals surface area contributed by atoms with Gasteiger partial charge in [-0.15, -0.1) is 0 Å². The van der Waals surface area contributed by atoms with E-state index in [1.165, 1.54) is 190 Å². The molecule has 2 aromatic carbocycles. The lowest BCUT2D eigenvalue weighted by atomic mass is 9.92. The Kier molecular flexibility index (Phi) is 17.2. The second kappa shape index (κ2) is 23.2. The van der Waals surface area contributed by atoms with Crippen LogP contribution in [0.4, 0.5) is 0 Å². The maximum Gasteiger partial charge on any atom is 0.0769 e. The molecule has 0 amide bonds. The summed E-state index contributed by atoms with van der Waals surface area (Å²) in [4.78, 5) is 20.0. The molecule has 4 heteroatoms. The second-order valence-electron chi connectivity index (χ2n) is 19.9. The van der Waals surface area contributed by atoms with Crippen LogP contribution in [-0.4, -0.2) is 19.9 Å². The molecule has 0 saturated heterocycles. The van der Waals surface area contributed by atoms with Gasteiger partial charge < -0.3 is 9.97 Å². The molecular weight excluding hydrogens is 801 g/mol. The first-order valence-corrected chi connectivity index (χ1v) is 26.4. The molecule has 5 aromatic rings. The quantitative estimate of drug-likeness (QED) is 0.0681. The minimum absolute atomic E-state index is 1.02. The summed E-state index contributed by atoms with van der Waals surface area (Å²) in [5.74, 6) is 0. The van der Waals surface area contributed by atoms with Gasteiger partial charge in [0.2, 0.25) is 0 Å². The van der Waals surface area contributed by atoms with Crippen LogP contribution < -0.4 is 0 Å². The number of fused-ring (bicyclic) bond motifs is 8. The lowest BCUT2D eigenvalue weighted by molar-refractivity contribution is 0.667. The molecule has 2 aliphatic rings. The van der Waals surface area contributed by atoms with Gasteiger partial charge in [0.05, 0.1) is 33.8 Å². The molecule has 0 unspecified atom stereocenters. The maximum atomic E-state index is 5.82. The number of allylic oxidation sites excluding steroid dienone is 4. The lowest BCUT2D eigenvalue weighted by Gasteiger charge is -2.11. The Hall–Kier alpha value is -4.96. The van der Waals surface area contributed by atoms with Crippen LogP contribution in [0.3, 0.4) is 0 Å². The number of aromatic amines is 2. The first kappa shape index (κ1) is 49.0. The van der Waals surface area contributed by atoms with Gasteiger partial charge in [0.15, 0.2) is 0 Å². The number of benzene rings is 2. The SMILES string of the molecule is CCCCCCC1=C(C)c2nc1cc1[nH]c(c(C)c1CCCCCC)c(-c1ccc(C)cc1)c1[nH]c(cc3nc(c2-c2ccc(C)cc2)C(C)=C3CCCCCC)c(CCCCCC)c1C. The van der Waals surface area contributed by atoms with Gasteiger partial charge in [0, 0.05) is 22.2 Å². The Morgan fingerprint density at radius 1 is 0.394 bits per heavy atom. The Morgan fingerprint density at radius 3 is 1.11 bits per heavy atom. The van der Waals surface area contributed by atoms with E-state index >= 15 is 0 Å². The van der Waals surface area contributed by atoms with Crippen molar-refractivity contribution in [1.29, 1.82) is 0 Å². The van der Waals surface area contributed by atoms with E-state index in [0.717, 1.165) is 61.3 Å². The van der Waals surface area contributed by atoms with E-state index in [2.05, 4.69) is 140 Å². The third-order valence-corrected chi connectivity index (χ3v) is 14.9. The third-order valence-electron chi connectivity index (χ3n) is 14.9. The van der Waals surface area contributed by atoms with Crippen molar-refractivity contribution in [2.24, 2.45) is 0 Å². The van der Waals surface area contributed by atoms with Crippen LogP contribution in [0.2, 0.25) is 0 Å². The molecule has 4 nitrogen and oxygen atoms in total. The molecule has 0 radical (unpaired) electrons. The Morgan fingerprint density at radius 2 is 0.742 bits per heavy atom. The number of rotatable bonds is 22. The van der Waals surface area contributed by atoms with E-state index in [4.69, 9.17) is 9.97 Å². The predicted octanol–water partition coefficient (Wildman–Crippen LogP) is 18.9. The fourth-order valence-electron chi connectivity index (χ4n) is 10.7. The highest BCUT2D eigenvalue weighted by atomic mass is 14.8. The molecule has 0 aliphatic carbocycles. The van der Waals surface area contributed by atoms with Crippen molar-refractivity contribution in [2.45, 2.75) is 198 Å². The zero-order chi connectivity index (χ0) is 46.7. The summed E-state index contributed by atoms with van der Waals surface area (Å²) in [6.45, 7) is 23.1. The Bertz CT molecular complexity index is 2540. The van der Waals surface area contributed by atoms with Gasteiger partial charge in [0.25, 0.3) is 0 Å². The topological polar surface area (TPSA) is 57.4 Å². The highest BCUT2D eigenvalue weighted by molar-refractivity contribution is 6.03. The van der Waals surface area contributed by atoms with Crippen LogP contribution >= 0.6 is 0 Å². The molecular formula is C62H82N4. The molecule has 5 heterocycles. The molecule has 0 atom stereocenters. The average molecular weight is 883 g/mol. The first-order chi connectivity index (χ1) is 32.1. The molecule has 3 aromatic heterocycles. The number of aryl methyl sites for hydroxylation is 6. The summed E-state index contributed by atoms with van der Waals surface area (Å²) >= 11 is 0. The normalized spacial score (nSPS) is 12.9. The lowest BCUT2D eigenvalue weighted by Crippen LogP contribution is -1.93. The Labute approximate surface area is 399 Å². The minimum atomic E-state index is 1.02. The zero-order valence-corrected chi connectivity index (χ0v) is 42.8. The van der Waals surface area contributed by atoms with Crippen LogP contribution in [0.25, 0.3) is 66.6 Å². The summed E-state index contributed by atoms with van der Waals surface area (Å²) in [6.07, 6.45) is 23.7. The van der Waals surface area contributed by atoms with Gasteiger partial charge in [-0.1, -0.05) is 164 Å². The fraction of sp³-hybridized carbons (Fsp3) is 0.484. The van der Waals surface area contributed by atoms with Crippen LogP contribution in [0, 0.1) is 27.7 Å². The molecule has 66 heavy (non-hydrogen) atoms. The van der Waals surface area contributed by atoms with Gasteiger partial charge in [-0.3, -0.25) is 0 Å². The molecule has 2 aliphatic heterocycles. The van der Waals surface area contributed by atoms with E-state index in [-0.39, 0.29) is 0 Å². The van der Waals surface area contributed by atoms with Gasteiger partial charge in [0.1, 0.15) is 0 Å². The van der Waals surface area contributed by atoms with Crippen molar-refractivity contribution >= 4 is 44.4 Å². The highest BCUT2D eigenvalue weighted by Crippen LogP contribution is 2.45. The summed E-state index contributed by atoms with van der Waals surface area (Å²) in [5.41, 5.74) is 27.6. The summed E-state index contributed by atoms with van der Waals surface area (Å²) in [5, 5.41) is 0. The summed E-state index contributed by atoms with van der Waals surface area (Å²) < 4.78 is 0. The third kappa shape index (κ3) is 10.9. The second-order valence-corrected chi connectivity index (χ2v) is 19.9. The zero-order valence-electron chi connectivity index (χ0n) is 42.8. The van der Waals surface area contributed by atoms with E-state index in [1.807, 2.05) is 0 Å². The van der Waals surface area contributed by atoms with Crippen molar-refractivity contribution in [3.63, 3.8) is 0 Å². The van der Waals surface area contributed by atoms with E-state index in [9.17, 15) is 0 Å². The van der Waals surface area contributed by atoms with Crippen molar-refractivity contribution in [2.75, 3.05) is 0 Å². The van der Waals surface area contributed by atoms with Crippen molar-refractivity contribution < 1.29 is 0 Å². The van der Waals surface area contributed by atoms with Crippen LogP contribution in [-0.2, 0) is 12.8 Å². The molecule has 0 spiro atoms. The number of nitrogens with one attached hydrogen (secondary N) is 2.